The maximum Gasteiger partial charge on any atom is 0.230 e. The second-order valence-corrected chi connectivity index (χ2v) is 7.20. The molecule has 4 nitrogen and oxygen atoms in total. The van der Waals surface area contributed by atoms with E-state index in [1.807, 2.05) is 43.3 Å². The third-order valence-corrected chi connectivity index (χ3v) is 5.36. The number of anilines is 1. The Hall–Kier alpha value is -1.55. The molecule has 2 fully saturated rings. The number of benzene rings is 1. The Morgan fingerprint density at radius 3 is 2.73 bits per heavy atom. The summed E-state index contributed by atoms with van der Waals surface area (Å²) >= 11 is 0. The van der Waals surface area contributed by atoms with E-state index in [0.717, 1.165) is 18.0 Å². The zero-order valence-electron chi connectivity index (χ0n) is 13.4. The molecule has 4 heteroatoms. The number of carbonyl (C=O) groups excluding carboxylic acids is 1. The zero-order chi connectivity index (χ0) is 15.3. The van der Waals surface area contributed by atoms with Crippen molar-refractivity contribution in [1.29, 1.82) is 0 Å². The van der Waals surface area contributed by atoms with Crippen molar-refractivity contribution < 1.29 is 9.53 Å². The van der Waals surface area contributed by atoms with E-state index in [1.54, 1.807) is 0 Å². The number of ether oxygens (including phenoxy) is 1. The van der Waals surface area contributed by atoms with E-state index in [0.29, 0.717) is 24.3 Å². The lowest BCUT2D eigenvalue weighted by molar-refractivity contribution is -0.121. The predicted octanol–water partition coefficient (Wildman–Crippen LogP) is 2.39. The monoisotopic (exact) mass is 300 g/mol. The molecule has 0 radical (unpaired) electrons. The number of fused-ring (bicyclic) bond motifs is 2. The Labute approximate surface area is 132 Å². The van der Waals surface area contributed by atoms with Crippen LogP contribution in [0.3, 0.4) is 0 Å². The lowest BCUT2D eigenvalue weighted by Gasteiger charge is -2.36. The fourth-order valence-corrected chi connectivity index (χ4v) is 4.38. The van der Waals surface area contributed by atoms with Gasteiger partial charge in [-0.25, -0.2) is 0 Å². The SMILES string of the molecule is CN(C)C[C@@H]1CN(C(=O)C2[C@@H]3CCC[C@@H]23)c2ccccc2O1. The summed E-state index contributed by atoms with van der Waals surface area (Å²) in [6, 6.07) is 7.95. The van der Waals surface area contributed by atoms with Crippen molar-refractivity contribution in [2.45, 2.75) is 25.4 Å². The molecule has 2 aliphatic carbocycles. The van der Waals surface area contributed by atoms with Crippen LogP contribution >= 0.6 is 0 Å². The number of nitrogens with zero attached hydrogens (tertiary/aromatic N) is 2. The number of para-hydroxylation sites is 2. The molecule has 4 rings (SSSR count). The molecular weight excluding hydrogens is 276 g/mol. The van der Waals surface area contributed by atoms with E-state index < -0.39 is 0 Å². The number of hydrogen-bond acceptors (Lipinski definition) is 3. The fraction of sp³-hybridized carbons (Fsp3) is 0.611. The summed E-state index contributed by atoms with van der Waals surface area (Å²) in [6.07, 6.45) is 3.84. The first-order chi connectivity index (χ1) is 10.6. The van der Waals surface area contributed by atoms with E-state index in [4.69, 9.17) is 4.74 Å². The van der Waals surface area contributed by atoms with E-state index in [9.17, 15) is 4.79 Å². The molecule has 0 unspecified atom stereocenters. The smallest absolute Gasteiger partial charge is 0.230 e. The van der Waals surface area contributed by atoms with Gasteiger partial charge in [0.2, 0.25) is 5.91 Å². The van der Waals surface area contributed by atoms with Crippen LogP contribution in [0, 0.1) is 17.8 Å². The van der Waals surface area contributed by atoms with Crippen molar-refractivity contribution in [2.75, 3.05) is 32.1 Å². The van der Waals surface area contributed by atoms with Gasteiger partial charge in [0.25, 0.3) is 0 Å². The van der Waals surface area contributed by atoms with Gasteiger partial charge in [-0.1, -0.05) is 18.6 Å². The highest BCUT2D eigenvalue weighted by Crippen LogP contribution is 2.58. The van der Waals surface area contributed by atoms with E-state index in [1.165, 1.54) is 19.3 Å². The molecule has 3 atom stereocenters. The van der Waals surface area contributed by atoms with Crippen molar-refractivity contribution in [3.05, 3.63) is 24.3 Å². The van der Waals surface area contributed by atoms with Gasteiger partial charge in [-0.3, -0.25) is 4.79 Å². The minimum atomic E-state index is 0.0486. The summed E-state index contributed by atoms with van der Waals surface area (Å²) in [6.45, 7) is 1.50. The molecule has 1 aliphatic heterocycles. The van der Waals surface area contributed by atoms with E-state index >= 15 is 0 Å². The van der Waals surface area contributed by atoms with Gasteiger partial charge < -0.3 is 14.5 Å². The van der Waals surface area contributed by atoms with Crippen LogP contribution in [-0.4, -0.2) is 44.1 Å². The van der Waals surface area contributed by atoms with Gasteiger partial charge in [-0.05, 0) is 50.9 Å². The minimum Gasteiger partial charge on any atom is -0.485 e. The summed E-state index contributed by atoms with van der Waals surface area (Å²) in [5.74, 6) is 2.78. The maximum absolute atomic E-state index is 13.0. The van der Waals surface area contributed by atoms with Crippen LogP contribution in [0.1, 0.15) is 19.3 Å². The average Bonchev–Trinajstić information content (AvgIpc) is 2.97. The van der Waals surface area contributed by atoms with Crippen LogP contribution in [0.5, 0.6) is 5.75 Å². The van der Waals surface area contributed by atoms with Gasteiger partial charge in [-0.15, -0.1) is 0 Å². The fourth-order valence-electron chi connectivity index (χ4n) is 4.38. The molecule has 0 saturated heterocycles. The Bertz CT molecular complexity index is 576. The van der Waals surface area contributed by atoms with Crippen LogP contribution in [0.2, 0.25) is 0 Å². The van der Waals surface area contributed by atoms with Crippen molar-refractivity contribution in [1.82, 2.24) is 4.90 Å². The molecule has 118 valence electrons. The number of likely N-dealkylation sites (N-methyl/N-ethyl adjacent to an activating group) is 1. The maximum atomic E-state index is 13.0. The second-order valence-electron chi connectivity index (χ2n) is 7.20. The summed E-state index contributed by atoms with van der Waals surface area (Å²) in [7, 11) is 4.09. The highest BCUT2D eigenvalue weighted by molar-refractivity contribution is 5.99. The van der Waals surface area contributed by atoms with Crippen molar-refractivity contribution in [3.8, 4) is 5.75 Å². The van der Waals surface area contributed by atoms with Crippen molar-refractivity contribution in [3.63, 3.8) is 0 Å². The molecule has 1 amide bonds. The van der Waals surface area contributed by atoms with Crippen LogP contribution in [0.15, 0.2) is 24.3 Å². The number of carbonyl (C=O) groups is 1. The topological polar surface area (TPSA) is 32.8 Å². The van der Waals surface area contributed by atoms with Crippen LogP contribution in [0.25, 0.3) is 0 Å². The largest absolute Gasteiger partial charge is 0.485 e. The van der Waals surface area contributed by atoms with Gasteiger partial charge in [0.15, 0.2) is 0 Å². The molecule has 1 aromatic carbocycles. The molecule has 0 bridgehead atoms. The lowest BCUT2D eigenvalue weighted by atomic mass is 10.1. The molecule has 1 heterocycles. The van der Waals surface area contributed by atoms with Crippen molar-refractivity contribution in [2.24, 2.45) is 17.8 Å². The van der Waals surface area contributed by atoms with E-state index in [-0.39, 0.29) is 12.0 Å². The third kappa shape index (κ3) is 2.30. The minimum absolute atomic E-state index is 0.0486. The summed E-state index contributed by atoms with van der Waals surface area (Å²) in [5, 5.41) is 0. The van der Waals surface area contributed by atoms with Gasteiger partial charge in [0, 0.05) is 12.5 Å². The first-order valence-electron chi connectivity index (χ1n) is 8.37. The Balaban J connectivity index is 1.58. The van der Waals surface area contributed by atoms with Crippen LogP contribution < -0.4 is 9.64 Å². The van der Waals surface area contributed by atoms with Crippen LogP contribution in [-0.2, 0) is 4.79 Å². The quantitative estimate of drug-likeness (QED) is 0.859. The van der Waals surface area contributed by atoms with Gasteiger partial charge in [0.1, 0.15) is 11.9 Å². The van der Waals surface area contributed by atoms with Crippen molar-refractivity contribution >= 4 is 11.6 Å². The average molecular weight is 300 g/mol. The standard InChI is InChI=1S/C18H24N2O2/c1-19(2)10-12-11-20(15-8-3-4-9-16(15)22-12)18(21)17-13-6-5-7-14(13)17/h3-4,8-9,12-14,17H,5-7,10-11H2,1-2H3/t12-,13-,14-/m1/s1. The molecule has 0 aromatic heterocycles. The van der Waals surface area contributed by atoms with E-state index in [2.05, 4.69) is 4.90 Å². The molecule has 2 saturated carbocycles. The number of amides is 1. The first kappa shape index (κ1) is 14.1. The summed E-state index contributed by atoms with van der Waals surface area (Å²) in [4.78, 5) is 17.1. The lowest BCUT2D eigenvalue weighted by Crippen LogP contribution is -2.48. The highest BCUT2D eigenvalue weighted by Gasteiger charge is 2.58. The number of hydrogen-bond donors (Lipinski definition) is 0. The molecular formula is C18H24N2O2. The Kier molecular flexibility index (Phi) is 3.37. The predicted molar refractivity (Wildman–Crippen MR) is 86.1 cm³/mol. The molecule has 0 spiro atoms. The Morgan fingerprint density at radius 2 is 2.00 bits per heavy atom. The number of rotatable bonds is 3. The van der Waals surface area contributed by atoms with Gasteiger partial charge in [-0.2, -0.15) is 0 Å². The molecule has 3 aliphatic rings. The van der Waals surface area contributed by atoms with Crippen LogP contribution in [0.4, 0.5) is 5.69 Å². The molecule has 0 N–H and O–H groups in total. The normalized spacial score (nSPS) is 32.4. The first-order valence-corrected chi connectivity index (χ1v) is 8.37. The summed E-state index contributed by atoms with van der Waals surface area (Å²) < 4.78 is 6.08. The molecule has 1 aromatic rings. The molecule has 22 heavy (non-hydrogen) atoms. The Morgan fingerprint density at radius 1 is 1.27 bits per heavy atom. The zero-order valence-corrected chi connectivity index (χ0v) is 13.4. The second kappa shape index (κ2) is 5.27. The third-order valence-electron chi connectivity index (χ3n) is 5.36. The summed E-state index contributed by atoms with van der Waals surface area (Å²) in [5.41, 5.74) is 0.951. The highest BCUT2D eigenvalue weighted by atomic mass is 16.5. The van der Waals surface area contributed by atoms with Gasteiger partial charge >= 0.3 is 0 Å². The van der Waals surface area contributed by atoms with Gasteiger partial charge in [0.05, 0.1) is 12.2 Å².